The van der Waals surface area contributed by atoms with E-state index in [0.717, 1.165) is 12.1 Å². The van der Waals surface area contributed by atoms with Gasteiger partial charge in [-0.15, -0.1) is 0 Å². The van der Waals surface area contributed by atoms with Crippen molar-refractivity contribution >= 4 is 5.71 Å². The Morgan fingerprint density at radius 2 is 2.44 bits per heavy atom. The summed E-state index contributed by atoms with van der Waals surface area (Å²) in [6.07, 6.45) is 6.18. The van der Waals surface area contributed by atoms with E-state index in [1.54, 1.807) is 13.1 Å². The quantitative estimate of drug-likeness (QED) is 0.519. The molecule has 9 heavy (non-hydrogen) atoms. The number of hydrogen-bond donors (Lipinski definition) is 1. The molecular formula is C7H9NO. The predicted molar refractivity (Wildman–Crippen MR) is 37.8 cm³/mol. The molecule has 0 spiro atoms. The molecule has 48 valence electrons. The number of allylic oxidation sites excluding steroid dienone is 4. The third-order valence-electron chi connectivity index (χ3n) is 1.27. The maximum atomic E-state index is 9.05. The minimum Gasteiger partial charge on any atom is -0.506 e. The Morgan fingerprint density at radius 1 is 1.67 bits per heavy atom. The number of aliphatic imine (C=N–C) groups is 1. The van der Waals surface area contributed by atoms with Crippen LogP contribution in [0.2, 0.25) is 0 Å². The van der Waals surface area contributed by atoms with E-state index in [4.69, 9.17) is 5.11 Å². The van der Waals surface area contributed by atoms with Crippen LogP contribution in [0, 0.1) is 0 Å². The molecule has 0 aromatic carbocycles. The van der Waals surface area contributed by atoms with Crippen LogP contribution in [0.3, 0.4) is 0 Å². The van der Waals surface area contributed by atoms with Crippen molar-refractivity contribution in [3.63, 3.8) is 0 Å². The van der Waals surface area contributed by atoms with Gasteiger partial charge in [-0.1, -0.05) is 12.2 Å². The molecule has 0 aromatic heterocycles. The van der Waals surface area contributed by atoms with Gasteiger partial charge in [0.25, 0.3) is 0 Å². The zero-order valence-electron chi connectivity index (χ0n) is 5.33. The van der Waals surface area contributed by atoms with Crippen molar-refractivity contribution in [2.24, 2.45) is 4.99 Å². The highest BCUT2D eigenvalue weighted by Gasteiger charge is 2.03. The second-order valence-electron chi connectivity index (χ2n) is 1.85. The fourth-order valence-corrected chi connectivity index (χ4v) is 0.745. The second-order valence-corrected chi connectivity index (χ2v) is 1.85. The molecule has 2 heteroatoms. The van der Waals surface area contributed by atoms with E-state index in [-0.39, 0.29) is 0 Å². The molecule has 0 saturated heterocycles. The van der Waals surface area contributed by atoms with Crippen LogP contribution in [0.1, 0.15) is 6.42 Å². The van der Waals surface area contributed by atoms with E-state index in [0.29, 0.717) is 5.76 Å². The molecule has 0 radical (unpaired) electrons. The molecule has 0 atom stereocenters. The van der Waals surface area contributed by atoms with Crippen LogP contribution in [0.15, 0.2) is 29.0 Å². The van der Waals surface area contributed by atoms with E-state index in [1.165, 1.54) is 0 Å². The highest BCUT2D eigenvalue weighted by atomic mass is 16.3. The Bertz CT molecular complexity index is 189. The second kappa shape index (κ2) is 2.49. The van der Waals surface area contributed by atoms with Gasteiger partial charge in [0.1, 0.15) is 5.76 Å². The molecule has 1 N–H and O–H groups in total. The minimum atomic E-state index is 0.292. The fourth-order valence-electron chi connectivity index (χ4n) is 0.745. The lowest BCUT2D eigenvalue weighted by atomic mass is 10.1. The molecule has 0 aliphatic heterocycles. The highest BCUT2D eigenvalue weighted by molar-refractivity contribution is 6.00. The Kier molecular flexibility index (Phi) is 1.68. The molecule has 0 amide bonds. The summed E-state index contributed by atoms with van der Waals surface area (Å²) in [5, 5.41) is 9.05. The normalized spacial score (nSPS) is 22.3. The van der Waals surface area contributed by atoms with Crippen molar-refractivity contribution in [3.8, 4) is 0 Å². The summed E-state index contributed by atoms with van der Waals surface area (Å²) in [7, 11) is 1.68. The van der Waals surface area contributed by atoms with Gasteiger partial charge in [-0.25, -0.2) is 0 Å². The van der Waals surface area contributed by atoms with Crippen LogP contribution in [-0.2, 0) is 0 Å². The van der Waals surface area contributed by atoms with E-state index in [2.05, 4.69) is 4.99 Å². The summed E-state index contributed by atoms with van der Waals surface area (Å²) >= 11 is 0. The van der Waals surface area contributed by atoms with Gasteiger partial charge in [0.2, 0.25) is 0 Å². The summed E-state index contributed by atoms with van der Waals surface area (Å²) in [6, 6.07) is 0. The largest absolute Gasteiger partial charge is 0.506 e. The lowest BCUT2D eigenvalue weighted by Gasteiger charge is -2.03. The van der Waals surface area contributed by atoms with E-state index < -0.39 is 0 Å². The van der Waals surface area contributed by atoms with Gasteiger partial charge in [-0.2, -0.15) is 0 Å². The maximum absolute atomic E-state index is 9.05. The van der Waals surface area contributed by atoms with Gasteiger partial charge >= 0.3 is 0 Å². The van der Waals surface area contributed by atoms with Crippen LogP contribution in [0.4, 0.5) is 0 Å². The Hall–Kier alpha value is -1.05. The first-order valence-electron chi connectivity index (χ1n) is 2.86. The van der Waals surface area contributed by atoms with Crippen molar-refractivity contribution < 1.29 is 5.11 Å². The Labute approximate surface area is 54.2 Å². The molecule has 0 unspecified atom stereocenters. The fraction of sp³-hybridized carbons (Fsp3) is 0.286. The average Bonchev–Trinajstić information content (AvgIpc) is 1.89. The number of aliphatic hydroxyl groups excluding tert-OH is 1. The first kappa shape index (κ1) is 6.08. The highest BCUT2D eigenvalue weighted by Crippen LogP contribution is 2.05. The molecule has 1 aliphatic carbocycles. The van der Waals surface area contributed by atoms with Crippen molar-refractivity contribution in [1.82, 2.24) is 0 Å². The number of nitrogens with zero attached hydrogens (tertiary/aromatic N) is 1. The van der Waals surface area contributed by atoms with Crippen LogP contribution in [0.5, 0.6) is 0 Å². The smallest absolute Gasteiger partial charge is 0.136 e. The molecule has 1 aliphatic rings. The first-order chi connectivity index (χ1) is 4.34. The van der Waals surface area contributed by atoms with Crippen molar-refractivity contribution in [2.45, 2.75) is 6.42 Å². The van der Waals surface area contributed by atoms with E-state index >= 15 is 0 Å². The van der Waals surface area contributed by atoms with Gasteiger partial charge in [0.05, 0.1) is 5.71 Å². The summed E-state index contributed by atoms with van der Waals surface area (Å²) in [5.41, 5.74) is 0.762. The summed E-state index contributed by atoms with van der Waals surface area (Å²) < 4.78 is 0. The molecule has 0 bridgehead atoms. The third-order valence-corrected chi connectivity index (χ3v) is 1.27. The summed E-state index contributed by atoms with van der Waals surface area (Å²) in [6.45, 7) is 0. The topological polar surface area (TPSA) is 32.6 Å². The van der Waals surface area contributed by atoms with Gasteiger partial charge in [0, 0.05) is 13.5 Å². The maximum Gasteiger partial charge on any atom is 0.136 e. The van der Waals surface area contributed by atoms with Crippen LogP contribution >= 0.6 is 0 Å². The monoisotopic (exact) mass is 123 g/mol. The number of hydrogen-bond acceptors (Lipinski definition) is 2. The van der Waals surface area contributed by atoms with Crippen LogP contribution in [-0.4, -0.2) is 17.9 Å². The predicted octanol–water partition coefficient (Wildman–Crippen LogP) is 1.46. The number of aliphatic hydroxyl groups is 1. The van der Waals surface area contributed by atoms with Crippen molar-refractivity contribution in [1.29, 1.82) is 0 Å². The number of rotatable bonds is 0. The Morgan fingerprint density at radius 3 is 2.89 bits per heavy atom. The van der Waals surface area contributed by atoms with Gasteiger partial charge < -0.3 is 5.11 Å². The molecule has 0 fully saturated rings. The van der Waals surface area contributed by atoms with Crippen LogP contribution in [0.25, 0.3) is 0 Å². The minimum absolute atomic E-state index is 0.292. The van der Waals surface area contributed by atoms with E-state index in [9.17, 15) is 0 Å². The van der Waals surface area contributed by atoms with E-state index in [1.807, 2.05) is 12.2 Å². The SMILES string of the molecule is CN=C1CC=CC=C1O. The summed E-state index contributed by atoms with van der Waals surface area (Å²) in [5.74, 6) is 0.292. The lowest BCUT2D eigenvalue weighted by Crippen LogP contribution is -2.02. The van der Waals surface area contributed by atoms with Gasteiger partial charge in [-0.05, 0) is 6.08 Å². The zero-order chi connectivity index (χ0) is 6.69. The standard InChI is InChI=1S/C7H9NO/c1-8-6-4-2-3-5-7(6)9/h2-3,5,9H,4H2,1H3. The molecular weight excluding hydrogens is 114 g/mol. The zero-order valence-corrected chi connectivity index (χ0v) is 5.33. The molecule has 0 aromatic rings. The third kappa shape index (κ3) is 1.19. The van der Waals surface area contributed by atoms with Gasteiger partial charge in [-0.3, -0.25) is 4.99 Å². The van der Waals surface area contributed by atoms with Crippen molar-refractivity contribution in [2.75, 3.05) is 7.05 Å². The lowest BCUT2D eigenvalue weighted by molar-refractivity contribution is 0.441. The Balaban J connectivity index is 2.83. The molecule has 0 heterocycles. The van der Waals surface area contributed by atoms with Crippen LogP contribution < -0.4 is 0 Å². The molecule has 0 saturated carbocycles. The molecule has 1 rings (SSSR count). The average molecular weight is 123 g/mol. The van der Waals surface area contributed by atoms with Crippen molar-refractivity contribution in [3.05, 3.63) is 24.0 Å². The summed E-state index contributed by atoms with van der Waals surface area (Å²) in [4.78, 5) is 3.88. The van der Waals surface area contributed by atoms with Gasteiger partial charge in [0.15, 0.2) is 0 Å². The molecule has 2 nitrogen and oxygen atoms in total. The first-order valence-corrected chi connectivity index (χ1v) is 2.86.